The number of allylic oxidation sites excluding steroid dienone is 3. The van der Waals surface area contributed by atoms with Gasteiger partial charge >= 0.3 is 35.8 Å². The zero-order valence-corrected chi connectivity index (χ0v) is 36.2. The number of amides is 3. The van der Waals surface area contributed by atoms with E-state index in [0.717, 1.165) is 37.1 Å². The first kappa shape index (κ1) is 52.3. The number of fused-ring (bicyclic) bond motifs is 1. The molecule has 350 valence electrons. The minimum absolute atomic E-state index is 0.0908. The lowest BCUT2D eigenvalue weighted by Crippen LogP contribution is -2.56. The lowest BCUT2D eigenvalue weighted by Gasteiger charge is -2.28. The van der Waals surface area contributed by atoms with Gasteiger partial charge in [-0.1, -0.05) is 54.7 Å². The van der Waals surface area contributed by atoms with Crippen LogP contribution in [0, 0.1) is 6.92 Å². The Kier molecular flexibility index (Phi) is 20.9. The van der Waals surface area contributed by atoms with Crippen molar-refractivity contribution in [3.8, 4) is 0 Å². The number of aliphatic carboxylic acids is 6. The molecule has 0 fully saturated rings. The van der Waals surface area contributed by atoms with Crippen molar-refractivity contribution in [3.63, 3.8) is 0 Å². The molecule has 22 heteroatoms. The van der Waals surface area contributed by atoms with Gasteiger partial charge in [0.1, 0.15) is 12.1 Å². The van der Waals surface area contributed by atoms with Gasteiger partial charge < -0.3 is 51.5 Å². The van der Waals surface area contributed by atoms with Crippen molar-refractivity contribution >= 4 is 76.6 Å². The second-order valence-corrected chi connectivity index (χ2v) is 15.9. The molecule has 1 heterocycles. The van der Waals surface area contributed by atoms with Crippen LogP contribution >= 0.6 is 11.8 Å². The summed E-state index contributed by atoms with van der Waals surface area (Å²) in [6.07, 6.45) is 2.46. The summed E-state index contributed by atoms with van der Waals surface area (Å²) >= 11 is 1.53. The number of carbonyl (C=O) groups is 9. The maximum absolute atomic E-state index is 13.5. The largest absolute Gasteiger partial charge is 0.480 e. The average Bonchev–Trinajstić information content (AvgIpc) is 3.21. The molecule has 0 radical (unpaired) electrons. The van der Waals surface area contributed by atoms with Crippen LogP contribution in [0.3, 0.4) is 0 Å². The van der Waals surface area contributed by atoms with Crippen molar-refractivity contribution in [3.05, 3.63) is 89.5 Å². The minimum atomic E-state index is -2.08. The van der Waals surface area contributed by atoms with E-state index in [4.69, 9.17) is 10.2 Å². The number of unbranched alkanes of at least 4 members (excludes halogenated alkanes) is 1. The molecule has 9 N–H and O–H groups in total. The molecule has 3 rings (SSSR count). The molecule has 1 aliphatic heterocycles. The zero-order chi connectivity index (χ0) is 48.2. The molecule has 3 unspecified atom stereocenters. The van der Waals surface area contributed by atoms with Crippen LogP contribution in [0.2, 0.25) is 0 Å². The Labute approximate surface area is 377 Å². The normalized spacial score (nSPS) is 13.9. The molecule has 0 saturated heterocycles. The SMILES string of the molecule is C=C(/C=C1\C=CN(CCC(=O)NC(CCC(=O)NC(C(=O)O)N(CC(=O)O)CC(=O)O)C(=O)NCCCCC(C(=O)O)N(CC(=O)O)CC(=O)O)c2ccccc21)Sc1ccccc1C. The number of carboxylic acid groups (broad SMARTS) is 6. The Morgan fingerprint density at radius 1 is 0.723 bits per heavy atom. The molecule has 0 saturated carbocycles. The highest BCUT2D eigenvalue weighted by Crippen LogP contribution is 2.36. The summed E-state index contributed by atoms with van der Waals surface area (Å²) in [5, 5.41) is 63.3. The average molecular weight is 925 g/mol. The number of rotatable bonds is 29. The van der Waals surface area contributed by atoms with Crippen LogP contribution in [-0.4, -0.2) is 151 Å². The van der Waals surface area contributed by atoms with Gasteiger partial charge in [0.25, 0.3) is 0 Å². The molecule has 0 aromatic heterocycles. The maximum atomic E-state index is 13.5. The van der Waals surface area contributed by atoms with Crippen molar-refractivity contribution in [1.29, 1.82) is 0 Å². The van der Waals surface area contributed by atoms with Gasteiger partial charge in [0.2, 0.25) is 17.7 Å². The van der Waals surface area contributed by atoms with Gasteiger partial charge in [-0.2, -0.15) is 0 Å². The van der Waals surface area contributed by atoms with Crippen molar-refractivity contribution < 1.29 is 73.8 Å². The molecule has 3 atom stereocenters. The second kappa shape index (κ2) is 25.9. The molecule has 3 amide bonds. The summed E-state index contributed by atoms with van der Waals surface area (Å²) in [5.41, 5.74) is 3.66. The number of para-hydroxylation sites is 1. The number of carbonyl (C=O) groups excluding carboxylic acids is 3. The predicted octanol–water partition coefficient (Wildman–Crippen LogP) is 1.88. The molecular weight excluding hydrogens is 873 g/mol. The van der Waals surface area contributed by atoms with Crippen LogP contribution in [0.4, 0.5) is 5.69 Å². The van der Waals surface area contributed by atoms with E-state index in [0.29, 0.717) is 4.90 Å². The van der Waals surface area contributed by atoms with E-state index in [1.54, 1.807) is 6.20 Å². The van der Waals surface area contributed by atoms with Gasteiger partial charge in [0.15, 0.2) is 6.17 Å². The van der Waals surface area contributed by atoms with E-state index in [2.05, 4.69) is 22.5 Å². The van der Waals surface area contributed by atoms with Gasteiger partial charge in [-0.15, -0.1) is 0 Å². The highest BCUT2D eigenvalue weighted by molar-refractivity contribution is 8.03. The Balaban J connectivity index is 1.73. The van der Waals surface area contributed by atoms with Crippen LogP contribution in [0.1, 0.15) is 49.7 Å². The number of carboxylic acids is 6. The third-order valence-corrected chi connectivity index (χ3v) is 10.7. The van der Waals surface area contributed by atoms with Crippen LogP contribution in [0.25, 0.3) is 5.57 Å². The predicted molar refractivity (Wildman–Crippen MR) is 234 cm³/mol. The number of benzene rings is 2. The van der Waals surface area contributed by atoms with E-state index in [1.165, 1.54) is 11.8 Å². The Morgan fingerprint density at radius 2 is 1.31 bits per heavy atom. The molecule has 2 aromatic rings. The Morgan fingerprint density at radius 3 is 1.91 bits per heavy atom. The molecule has 0 aliphatic carbocycles. The van der Waals surface area contributed by atoms with Crippen molar-refractivity contribution in [2.24, 2.45) is 0 Å². The van der Waals surface area contributed by atoms with Crippen LogP contribution in [0.5, 0.6) is 0 Å². The summed E-state index contributed by atoms with van der Waals surface area (Å²) < 4.78 is 0. The summed E-state index contributed by atoms with van der Waals surface area (Å²) in [6.45, 7) is 2.49. The summed E-state index contributed by atoms with van der Waals surface area (Å²) in [6, 6.07) is 12.6. The monoisotopic (exact) mass is 924 g/mol. The third-order valence-electron chi connectivity index (χ3n) is 9.68. The lowest BCUT2D eigenvalue weighted by atomic mass is 9.99. The van der Waals surface area contributed by atoms with Gasteiger partial charge in [-0.25, -0.2) is 4.79 Å². The number of nitrogens with zero attached hydrogens (tertiary/aromatic N) is 3. The van der Waals surface area contributed by atoms with Crippen LogP contribution in [0.15, 0.2) is 83.3 Å². The van der Waals surface area contributed by atoms with E-state index >= 15 is 0 Å². The smallest absolute Gasteiger partial charge is 0.341 e. The van der Waals surface area contributed by atoms with Gasteiger partial charge in [-0.3, -0.25) is 48.2 Å². The van der Waals surface area contributed by atoms with Gasteiger partial charge in [-0.05, 0) is 68.0 Å². The highest BCUT2D eigenvalue weighted by atomic mass is 32.2. The molecule has 65 heavy (non-hydrogen) atoms. The summed E-state index contributed by atoms with van der Waals surface area (Å²) in [4.78, 5) is 114. The second-order valence-electron chi connectivity index (χ2n) is 14.7. The van der Waals surface area contributed by atoms with Crippen molar-refractivity contribution in [2.75, 3.05) is 44.2 Å². The Hall–Kier alpha value is -7.04. The summed E-state index contributed by atoms with van der Waals surface area (Å²) in [7, 11) is 0. The number of nitrogens with one attached hydrogen (secondary N) is 3. The molecule has 1 aliphatic rings. The Bertz CT molecular complexity index is 2150. The van der Waals surface area contributed by atoms with E-state index in [9.17, 15) is 63.6 Å². The van der Waals surface area contributed by atoms with Crippen molar-refractivity contribution in [1.82, 2.24) is 25.8 Å². The van der Waals surface area contributed by atoms with E-state index in [1.807, 2.05) is 72.5 Å². The van der Waals surface area contributed by atoms with Crippen molar-refractivity contribution in [2.45, 2.75) is 68.6 Å². The zero-order valence-electron chi connectivity index (χ0n) is 35.4. The number of hydrogen-bond donors (Lipinski definition) is 9. The van der Waals surface area contributed by atoms with Crippen LogP contribution in [-0.2, 0) is 43.2 Å². The molecule has 0 bridgehead atoms. The molecular formula is C43H52N6O15S. The first-order valence-electron chi connectivity index (χ1n) is 20.1. The standard InChI is InChI=1S/C43H52N6O15S/c1-26-9-3-6-13-33(26)65-27(2)21-28-16-19-47(31-11-5-4-10-29(28)31)20-17-35(51)45-30(14-15-34(50)46-40(43(63)64)49(24-38(56)57)25-39(58)59)41(60)44-18-8-7-12-32(42(61)62)48(22-36(52)53)23-37(54)55/h3-6,9-11,13,16,19,21,30,32,40H,2,7-8,12,14-15,17-18,20,22-25H2,1H3,(H,44,60)(H,45,51)(H,46,50)(H,52,53)(H,54,55)(H,56,57)(H,58,59)(H,61,62)(H,63,64)/b28-21+. The fourth-order valence-electron chi connectivity index (χ4n) is 6.68. The van der Waals surface area contributed by atoms with E-state index < -0.39 is 111 Å². The minimum Gasteiger partial charge on any atom is -0.480 e. The quantitative estimate of drug-likeness (QED) is 0.0319. The topological polar surface area (TPSA) is 321 Å². The first-order chi connectivity index (χ1) is 30.7. The highest BCUT2D eigenvalue weighted by Gasteiger charge is 2.32. The number of anilines is 1. The fraction of sp³-hybridized carbons (Fsp3) is 0.372. The van der Waals surface area contributed by atoms with Crippen LogP contribution < -0.4 is 20.9 Å². The fourth-order valence-corrected chi connectivity index (χ4v) is 7.52. The molecule has 21 nitrogen and oxygen atoms in total. The third kappa shape index (κ3) is 17.9. The lowest BCUT2D eigenvalue weighted by molar-refractivity contribution is -0.154. The van der Waals surface area contributed by atoms with Gasteiger partial charge in [0.05, 0.1) is 26.2 Å². The number of hydrogen-bond acceptors (Lipinski definition) is 13. The number of thioether (sulfide) groups is 1. The first-order valence-corrected chi connectivity index (χ1v) is 20.9. The summed E-state index contributed by atoms with van der Waals surface area (Å²) in [5.74, 6) is -11.6. The maximum Gasteiger partial charge on any atom is 0.341 e. The number of aryl methyl sites for hydroxylation is 1. The van der Waals surface area contributed by atoms with E-state index in [-0.39, 0.29) is 38.8 Å². The molecule has 2 aromatic carbocycles. The molecule has 0 spiro atoms. The van der Waals surface area contributed by atoms with Gasteiger partial charge in [0, 0.05) is 53.2 Å².